The molecule has 1 aromatic carbocycles. The number of fused-ring (bicyclic) bond motifs is 1. The molecule has 154 valence electrons. The summed E-state index contributed by atoms with van der Waals surface area (Å²) in [5, 5.41) is 11.9. The van der Waals surface area contributed by atoms with Crippen molar-refractivity contribution in [3.63, 3.8) is 0 Å². The molecule has 2 atom stereocenters. The number of carbonyl (C=O) groups excluding carboxylic acids is 3. The molecule has 29 heavy (non-hydrogen) atoms. The van der Waals surface area contributed by atoms with Crippen LogP contribution in [-0.2, 0) is 30.5 Å². The molecule has 3 rings (SSSR count). The molecule has 1 fully saturated rings. The van der Waals surface area contributed by atoms with Crippen LogP contribution in [0, 0.1) is 0 Å². The summed E-state index contributed by atoms with van der Waals surface area (Å²) in [5.74, 6) is -1.29. The van der Waals surface area contributed by atoms with Crippen molar-refractivity contribution >= 4 is 47.3 Å². The molecule has 0 radical (unpaired) electrons. The fourth-order valence-corrected chi connectivity index (χ4v) is 5.43. The van der Waals surface area contributed by atoms with Gasteiger partial charge in [-0.25, -0.2) is 4.79 Å². The molecule has 0 spiro atoms. The third kappa shape index (κ3) is 4.76. The number of ether oxygens (including phenoxy) is 1. The maximum absolute atomic E-state index is 12.4. The molecule has 0 saturated carbocycles. The summed E-state index contributed by atoms with van der Waals surface area (Å²) in [6.45, 7) is 2.89. The highest BCUT2D eigenvalue weighted by molar-refractivity contribution is 8.01. The first kappa shape index (κ1) is 21.3. The molecule has 1 aromatic rings. The van der Waals surface area contributed by atoms with Gasteiger partial charge in [-0.3, -0.25) is 19.3 Å². The summed E-state index contributed by atoms with van der Waals surface area (Å²) in [7, 11) is 0. The molecule has 0 aliphatic carbocycles. The minimum Gasteiger partial charge on any atom is -0.477 e. The second-order valence-corrected chi connectivity index (χ2v) is 8.71. The lowest BCUT2D eigenvalue weighted by Crippen LogP contribution is -2.70. The summed E-state index contributed by atoms with van der Waals surface area (Å²) in [6, 6.07) is 6.78. The number of esters is 1. The van der Waals surface area contributed by atoms with Crippen molar-refractivity contribution in [2.75, 3.05) is 11.5 Å². The number of nitrogens with zero attached hydrogens (tertiary/aromatic N) is 1. The van der Waals surface area contributed by atoms with E-state index in [0.717, 1.165) is 10.5 Å². The van der Waals surface area contributed by atoms with Gasteiger partial charge in [0.15, 0.2) is 0 Å². The van der Waals surface area contributed by atoms with Gasteiger partial charge in [0.1, 0.15) is 23.7 Å². The Morgan fingerprint density at radius 3 is 2.55 bits per heavy atom. The second-order valence-electron chi connectivity index (χ2n) is 6.56. The van der Waals surface area contributed by atoms with Gasteiger partial charge in [0.25, 0.3) is 5.91 Å². The molecule has 0 aromatic heterocycles. The van der Waals surface area contributed by atoms with Crippen LogP contribution in [0.3, 0.4) is 0 Å². The summed E-state index contributed by atoms with van der Waals surface area (Å²) < 4.78 is 4.95. The molecule has 2 aliphatic rings. The third-order valence-corrected chi connectivity index (χ3v) is 6.83. The third-order valence-electron chi connectivity index (χ3n) is 4.39. The number of rotatable bonds is 7. The molecular formula is C19H20N2O6S2. The normalized spacial score (nSPS) is 20.6. The Hall–Kier alpha value is -2.46. The van der Waals surface area contributed by atoms with Crippen molar-refractivity contribution in [1.29, 1.82) is 0 Å². The number of thioether (sulfide) groups is 2. The summed E-state index contributed by atoms with van der Waals surface area (Å²) in [4.78, 5) is 48.5. The summed E-state index contributed by atoms with van der Waals surface area (Å²) in [5.41, 5.74) is 1.54. The van der Waals surface area contributed by atoms with Crippen LogP contribution in [0.4, 0.5) is 0 Å². The smallest absolute Gasteiger partial charge is 0.352 e. The molecule has 2 amide bonds. The number of hydrogen-bond acceptors (Lipinski definition) is 7. The van der Waals surface area contributed by atoms with Crippen LogP contribution in [0.5, 0.6) is 0 Å². The SMILES string of the molecule is CC(=O)NC1C(=O)N2C(C(=O)O)=C(CSc3ccc(COC(C)=O)cc3)CSC12. The Balaban J connectivity index is 1.67. The molecule has 2 aliphatic heterocycles. The minimum atomic E-state index is -1.14. The molecule has 2 heterocycles. The maximum Gasteiger partial charge on any atom is 0.352 e. The molecule has 2 unspecified atom stereocenters. The van der Waals surface area contributed by atoms with Crippen molar-refractivity contribution in [3.05, 3.63) is 41.1 Å². The number of aliphatic carboxylic acids is 1. The van der Waals surface area contributed by atoms with Crippen LogP contribution in [0.1, 0.15) is 19.4 Å². The van der Waals surface area contributed by atoms with Crippen LogP contribution in [0.25, 0.3) is 0 Å². The predicted molar refractivity (Wildman–Crippen MR) is 108 cm³/mol. The van der Waals surface area contributed by atoms with Crippen LogP contribution in [0.2, 0.25) is 0 Å². The molecule has 10 heteroatoms. The zero-order chi connectivity index (χ0) is 21.1. The van der Waals surface area contributed by atoms with Gasteiger partial charge < -0.3 is 15.2 Å². The fourth-order valence-electron chi connectivity index (χ4n) is 3.05. The van der Waals surface area contributed by atoms with Crippen LogP contribution in [0.15, 0.2) is 40.4 Å². The molecular weight excluding hydrogens is 416 g/mol. The summed E-state index contributed by atoms with van der Waals surface area (Å²) >= 11 is 2.92. The Kier molecular flexibility index (Phi) is 6.53. The fraction of sp³-hybridized carbons (Fsp3) is 0.368. The average molecular weight is 437 g/mol. The molecule has 1 saturated heterocycles. The highest BCUT2D eigenvalue weighted by atomic mass is 32.2. The van der Waals surface area contributed by atoms with Crippen molar-refractivity contribution in [1.82, 2.24) is 10.2 Å². The first-order valence-corrected chi connectivity index (χ1v) is 10.8. The van der Waals surface area contributed by atoms with Gasteiger partial charge in [0, 0.05) is 30.2 Å². The lowest BCUT2D eigenvalue weighted by Gasteiger charge is -2.49. The number of β-lactam (4-membered cyclic amide) rings is 1. The largest absolute Gasteiger partial charge is 0.477 e. The predicted octanol–water partition coefficient (Wildman–Crippen LogP) is 1.60. The lowest BCUT2D eigenvalue weighted by molar-refractivity contribution is -0.150. The van der Waals surface area contributed by atoms with E-state index in [1.165, 1.54) is 42.3 Å². The Morgan fingerprint density at radius 1 is 1.28 bits per heavy atom. The van der Waals surface area contributed by atoms with E-state index in [-0.39, 0.29) is 29.6 Å². The Bertz CT molecular complexity index is 883. The van der Waals surface area contributed by atoms with Crippen molar-refractivity contribution in [2.45, 2.75) is 36.8 Å². The van der Waals surface area contributed by atoms with E-state index in [1.54, 1.807) is 0 Å². The monoisotopic (exact) mass is 436 g/mol. The zero-order valence-corrected chi connectivity index (χ0v) is 17.5. The van der Waals surface area contributed by atoms with E-state index in [1.807, 2.05) is 24.3 Å². The lowest BCUT2D eigenvalue weighted by atomic mass is 10.0. The van der Waals surface area contributed by atoms with E-state index in [0.29, 0.717) is 17.1 Å². The number of carboxylic acids is 1. The first-order valence-electron chi connectivity index (χ1n) is 8.80. The molecule has 2 N–H and O–H groups in total. The van der Waals surface area contributed by atoms with E-state index in [2.05, 4.69) is 5.32 Å². The van der Waals surface area contributed by atoms with E-state index in [4.69, 9.17) is 4.74 Å². The van der Waals surface area contributed by atoms with E-state index in [9.17, 15) is 24.3 Å². The average Bonchev–Trinajstić information content (AvgIpc) is 2.68. The zero-order valence-electron chi connectivity index (χ0n) is 15.8. The van der Waals surface area contributed by atoms with Crippen molar-refractivity contribution < 1.29 is 29.0 Å². The topological polar surface area (TPSA) is 113 Å². The quantitative estimate of drug-likeness (QED) is 0.377. The van der Waals surface area contributed by atoms with Gasteiger partial charge in [0.05, 0.1) is 0 Å². The molecule has 8 nitrogen and oxygen atoms in total. The Morgan fingerprint density at radius 2 is 1.97 bits per heavy atom. The number of carbonyl (C=O) groups is 4. The van der Waals surface area contributed by atoms with Crippen LogP contribution in [-0.4, -0.2) is 56.7 Å². The number of nitrogens with one attached hydrogen (secondary N) is 1. The highest BCUT2D eigenvalue weighted by Gasteiger charge is 2.53. The number of amides is 2. The van der Waals surface area contributed by atoms with Gasteiger partial charge in [-0.1, -0.05) is 12.1 Å². The van der Waals surface area contributed by atoms with Gasteiger partial charge in [-0.15, -0.1) is 23.5 Å². The van der Waals surface area contributed by atoms with Crippen molar-refractivity contribution in [3.8, 4) is 0 Å². The van der Waals surface area contributed by atoms with Gasteiger partial charge in [-0.2, -0.15) is 0 Å². The standard InChI is InChI=1S/C19H20N2O6S2/c1-10(22)20-15-17(24)21-16(19(25)26)13(9-29-18(15)21)8-28-14-5-3-12(4-6-14)7-27-11(2)23/h3-6,15,18H,7-9H2,1-2H3,(H,20,22)(H,25,26). The molecule has 0 bridgehead atoms. The Labute approximate surface area is 176 Å². The van der Waals surface area contributed by atoms with Crippen LogP contribution < -0.4 is 5.32 Å². The highest BCUT2D eigenvalue weighted by Crippen LogP contribution is 2.41. The maximum atomic E-state index is 12.4. The number of hydrogen-bond donors (Lipinski definition) is 2. The minimum absolute atomic E-state index is 0.0133. The summed E-state index contributed by atoms with van der Waals surface area (Å²) in [6.07, 6.45) is 0. The van der Waals surface area contributed by atoms with Gasteiger partial charge in [0.2, 0.25) is 5.91 Å². The number of benzene rings is 1. The van der Waals surface area contributed by atoms with Gasteiger partial charge in [-0.05, 0) is 23.3 Å². The number of carboxylic acid groups (broad SMARTS) is 1. The first-order chi connectivity index (χ1) is 13.8. The van der Waals surface area contributed by atoms with E-state index >= 15 is 0 Å². The van der Waals surface area contributed by atoms with Gasteiger partial charge >= 0.3 is 11.9 Å². The van der Waals surface area contributed by atoms with Crippen molar-refractivity contribution in [2.24, 2.45) is 0 Å². The van der Waals surface area contributed by atoms with Crippen LogP contribution >= 0.6 is 23.5 Å². The second kappa shape index (κ2) is 8.91. The van der Waals surface area contributed by atoms with E-state index < -0.39 is 17.9 Å².